The lowest BCUT2D eigenvalue weighted by molar-refractivity contribution is 0.823. The molecule has 0 saturated heterocycles. The van der Waals surface area contributed by atoms with Gasteiger partial charge in [-0.05, 0) is 18.6 Å². The zero-order valence-corrected chi connectivity index (χ0v) is 16.1. The number of thiazole rings is 1. The summed E-state index contributed by atoms with van der Waals surface area (Å²) >= 11 is 3.43. The van der Waals surface area contributed by atoms with Gasteiger partial charge in [0.25, 0.3) is 0 Å². The molecule has 0 amide bonds. The van der Waals surface area contributed by atoms with Gasteiger partial charge in [-0.25, -0.2) is 4.98 Å². The van der Waals surface area contributed by atoms with Gasteiger partial charge in [0.2, 0.25) is 0 Å². The lowest BCUT2D eigenvalue weighted by atomic mass is 10.3. The minimum atomic E-state index is 0. The summed E-state index contributed by atoms with van der Waals surface area (Å²) in [5, 5.41) is 5.10. The highest BCUT2D eigenvalue weighted by atomic mass is 127. The highest BCUT2D eigenvalue weighted by Gasteiger charge is 1.97. The summed E-state index contributed by atoms with van der Waals surface area (Å²) in [6.07, 6.45) is 5.46. The van der Waals surface area contributed by atoms with E-state index < -0.39 is 0 Å². The predicted molar refractivity (Wildman–Crippen MR) is 105 cm³/mol. The fourth-order valence-electron chi connectivity index (χ4n) is 1.63. The molecule has 0 radical (unpaired) electrons. The zero-order chi connectivity index (χ0) is 14.8. The van der Waals surface area contributed by atoms with E-state index in [1.165, 1.54) is 0 Å². The van der Waals surface area contributed by atoms with Crippen LogP contribution in [0.3, 0.4) is 0 Å². The minimum Gasteiger partial charge on any atom is -0.370 e. The van der Waals surface area contributed by atoms with Crippen LogP contribution in [0, 0.1) is 0 Å². The van der Waals surface area contributed by atoms with Crippen molar-refractivity contribution >= 4 is 53.0 Å². The van der Waals surface area contributed by atoms with Crippen LogP contribution >= 0.6 is 47.1 Å². The van der Waals surface area contributed by atoms with Crippen molar-refractivity contribution in [1.82, 2.24) is 15.3 Å². The van der Waals surface area contributed by atoms with Crippen molar-refractivity contribution in [1.29, 1.82) is 0 Å². The van der Waals surface area contributed by atoms with E-state index in [9.17, 15) is 0 Å². The average Bonchev–Trinajstić information content (AvgIpc) is 3.01. The summed E-state index contributed by atoms with van der Waals surface area (Å²) in [4.78, 5) is 12.8. The molecule has 0 atom stereocenters. The highest BCUT2D eigenvalue weighted by Crippen LogP contribution is 2.20. The number of pyridine rings is 1. The van der Waals surface area contributed by atoms with Gasteiger partial charge in [-0.2, -0.15) is 0 Å². The Balaban J connectivity index is 0.00000242. The standard InChI is InChI=1S/C14H19N5S2.HI/c15-13(18-8-5-12-4-1-2-6-16-12)17-7-3-10-20-14-19-9-11-21-14;/h1-2,4,6,9,11H,3,5,7-8,10H2,(H3,15,17,18);1H. The lowest BCUT2D eigenvalue weighted by Crippen LogP contribution is -2.33. The van der Waals surface area contributed by atoms with Gasteiger partial charge in [0.1, 0.15) is 4.34 Å². The smallest absolute Gasteiger partial charge is 0.188 e. The SMILES string of the molecule is I.NC(=NCCCSc1nccs1)NCCc1ccccn1. The fraction of sp³-hybridized carbons (Fsp3) is 0.357. The number of hydrogen-bond acceptors (Lipinski definition) is 5. The van der Waals surface area contributed by atoms with Gasteiger partial charge >= 0.3 is 0 Å². The van der Waals surface area contributed by atoms with E-state index >= 15 is 0 Å². The van der Waals surface area contributed by atoms with Crippen LogP contribution in [0.4, 0.5) is 0 Å². The van der Waals surface area contributed by atoms with Crippen LogP contribution in [0.1, 0.15) is 12.1 Å². The van der Waals surface area contributed by atoms with E-state index in [0.717, 1.165) is 41.7 Å². The van der Waals surface area contributed by atoms with Gasteiger partial charge in [0.05, 0.1) is 0 Å². The van der Waals surface area contributed by atoms with Crippen molar-refractivity contribution in [2.24, 2.45) is 10.7 Å². The molecule has 0 fully saturated rings. The normalized spacial score (nSPS) is 11.0. The van der Waals surface area contributed by atoms with Crippen molar-refractivity contribution in [2.45, 2.75) is 17.2 Å². The number of guanidine groups is 1. The molecule has 0 aliphatic rings. The second-order valence-corrected chi connectivity index (χ2v) is 6.50. The molecule has 2 rings (SSSR count). The maximum atomic E-state index is 5.82. The number of rotatable bonds is 8. The summed E-state index contributed by atoms with van der Waals surface area (Å²) < 4.78 is 1.11. The maximum Gasteiger partial charge on any atom is 0.188 e. The third kappa shape index (κ3) is 7.95. The molecule has 0 aromatic carbocycles. The molecule has 5 nitrogen and oxygen atoms in total. The van der Waals surface area contributed by atoms with Crippen molar-refractivity contribution in [3.8, 4) is 0 Å². The van der Waals surface area contributed by atoms with Gasteiger partial charge in [-0.1, -0.05) is 17.8 Å². The molecule has 0 aliphatic carbocycles. The van der Waals surface area contributed by atoms with Crippen LogP contribution in [0.5, 0.6) is 0 Å². The van der Waals surface area contributed by atoms with Gasteiger partial charge in [-0.15, -0.1) is 35.3 Å². The Morgan fingerprint density at radius 1 is 1.32 bits per heavy atom. The first kappa shape index (κ1) is 19.2. The van der Waals surface area contributed by atoms with Crippen LogP contribution in [0.15, 0.2) is 45.3 Å². The van der Waals surface area contributed by atoms with Gasteiger partial charge in [0.15, 0.2) is 5.96 Å². The number of hydrogen-bond donors (Lipinski definition) is 2. The first-order valence-electron chi connectivity index (χ1n) is 6.80. The first-order valence-corrected chi connectivity index (χ1v) is 8.67. The second kappa shape index (κ2) is 11.7. The molecule has 2 heterocycles. The summed E-state index contributed by atoms with van der Waals surface area (Å²) in [6, 6.07) is 5.90. The summed E-state index contributed by atoms with van der Waals surface area (Å²) in [6.45, 7) is 1.49. The number of nitrogens with two attached hydrogens (primary N) is 1. The summed E-state index contributed by atoms with van der Waals surface area (Å²) in [5.74, 6) is 1.52. The van der Waals surface area contributed by atoms with Crippen molar-refractivity contribution in [3.05, 3.63) is 41.7 Å². The number of nitrogens with zero attached hydrogens (tertiary/aromatic N) is 3. The molecule has 22 heavy (non-hydrogen) atoms. The van der Waals surface area contributed by atoms with Crippen molar-refractivity contribution in [3.63, 3.8) is 0 Å². The molecule has 3 N–H and O–H groups in total. The Morgan fingerprint density at radius 2 is 2.23 bits per heavy atom. The third-order valence-corrected chi connectivity index (χ3v) is 4.69. The number of aliphatic imine (C=N–C) groups is 1. The average molecular weight is 449 g/mol. The molecule has 0 aliphatic heterocycles. The van der Waals surface area contributed by atoms with E-state index in [-0.39, 0.29) is 24.0 Å². The Kier molecular flexibility index (Phi) is 10.2. The highest BCUT2D eigenvalue weighted by molar-refractivity contribution is 14.0. The van der Waals surface area contributed by atoms with Crippen molar-refractivity contribution in [2.75, 3.05) is 18.8 Å². The molecule has 8 heteroatoms. The van der Waals surface area contributed by atoms with Crippen LogP contribution in [-0.2, 0) is 6.42 Å². The third-order valence-electron chi connectivity index (χ3n) is 2.63. The Morgan fingerprint density at radius 3 is 2.95 bits per heavy atom. The van der Waals surface area contributed by atoms with Gasteiger partial charge in [-0.3, -0.25) is 9.98 Å². The largest absolute Gasteiger partial charge is 0.370 e. The van der Waals surface area contributed by atoms with E-state index in [0.29, 0.717) is 5.96 Å². The summed E-state index contributed by atoms with van der Waals surface area (Å²) in [7, 11) is 0. The van der Waals surface area contributed by atoms with Gasteiger partial charge < -0.3 is 11.1 Å². The number of aromatic nitrogens is 2. The Bertz CT molecular complexity index is 533. The topological polar surface area (TPSA) is 76.2 Å². The molecule has 0 unspecified atom stereocenters. The lowest BCUT2D eigenvalue weighted by Gasteiger charge is -2.05. The first-order chi connectivity index (χ1) is 10.3. The number of nitrogens with one attached hydrogen (secondary N) is 1. The van der Waals surface area contributed by atoms with E-state index in [1.807, 2.05) is 29.8 Å². The molecular weight excluding hydrogens is 429 g/mol. The molecule has 2 aromatic rings. The van der Waals surface area contributed by atoms with E-state index in [2.05, 4.69) is 20.3 Å². The van der Waals surface area contributed by atoms with E-state index in [1.54, 1.807) is 29.3 Å². The number of thioether (sulfide) groups is 1. The molecule has 0 saturated carbocycles. The molecule has 0 spiro atoms. The molecule has 120 valence electrons. The van der Waals surface area contributed by atoms with Crippen LogP contribution in [-0.4, -0.2) is 34.8 Å². The zero-order valence-electron chi connectivity index (χ0n) is 12.1. The Labute approximate surface area is 156 Å². The maximum absolute atomic E-state index is 5.82. The second-order valence-electron chi connectivity index (χ2n) is 4.26. The van der Waals surface area contributed by atoms with Crippen LogP contribution in [0.2, 0.25) is 0 Å². The monoisotopic (exact) mass is 449 g/mol. The number of halogens is 1. The fourth-order valence-corrected chi connectivity index (χ4v) is 3.26. The van der Waals surface area contributed by atoms with Crippen LogP contribution < -0.4 is 11.1 Å². The van der Waals surface area contributed by atoms with Crippen LogP contribution in [0.25, 0.3) is 0 Å². The molecular formula is C14H20IN5S2. The Hall–Kier alpha value is -0.870. The molecule has 0 bridgehead atoms. The van der Waals surface area contributed by atoms with Gasteiger partial charge in [0, 0.05) is 48.7 Å². The van der Waals surface area contributed by atoms with E-state index in [4.69, 9.17) is 5.73 Å². The molecule has 2 aromatic heterocycles. The van der Waals surface area contributed by atoms with Crippen molar-refractivity contribution < 1.29 is 0 Å². The summed E-state index contributed by atoms with van der Waals surface area (Å²) in [5.41, 5.74) is 6.87. The quantitative estimate of drug-likeness (QED) is 0.213. The minimum absolute atomic E-state index is 0. The predicted octanol–water partition coefficient (Wildman–Crippen LogP) is 2.79.